The van der Waals surface area contributed by atoms with E-state index in [0.717, 1.165) is 54.0 Å². The van der Waals surface area contributed by atoms with Crippen LogP contribution in [0.15, 0.2) is 61.4 Å². The number of nitrogens with one attached hydrogen (secondary N) is 1. The van der Waals surface area contributed by atoms with Crippen molar-refractivity contribution in [1.29, 1.82) is 0 Å². The lowest BCUT2D eigenvalue weighted by atomic mass is 9.90. The van der Waals surface area contributed by atoms with Crippen molar-refractivity contribution in [3.8, 4) is 11.3 Å². The van der Waals surface area contributed by atoms with E-state index in [2.05, 4.69) is 45.9 Å². The van der Waals surface area contributed by atoms with E-state index in [0.29, 0.717) is 30.2 Å². The summed E-state index contributed by atoms with van der Waals surface area (Å²) in [5, 5.41) is 26.1. The van der Waals surface area contributed by atoms with Crippen molar-refractivity contribution in [3.05, 3.63) is 78.4 Å². The minimum absolute atomic E-state index is 0.228. The van der Waals surface area contributed by atoms with Gasteiger partial charge < -0.3 is 25.0 Å². The Kier molecular flexibility index (Phi) is 6.16. The number of hydrogen-bond donors (Lipinski definition) is 3. The maximum Gasteiger partial charge on any atom is 0.225 e. The van der Waals surface area contributed by atoms with E-state index >= 15 is 0 Å². The smallest absolute Gasteiger partial charge is 0.225 e. The Balaban J connectivity index is 1.04. The first-order valence-electron chi connectivity index (χ1n) is 13.7. The summed E-state index contributed by atoms with van der Waals surface area (Å²) in [4.78, 5) is 25.9. The van der Waals surface area contributed by atoms with Crippen LogP contribution in [0.3, 0.4) is 0 Å². The van der Waals surface area contributed by atoms with Gasteiger partial charge in [-0.25, -0.2) is 24.3 Å². The molecule has 0 spiro atoms. The molecule has 210 valence electrons. The van der Waals surface area contributed by atoms with Gasteiger partial charge in [-0.15, -0.1) is 0 Å². The molecule has 1 atom stereocenters. The summed E-state index contributed by atoms with van der Waals surface area (Å²) in [5.74, 6) is 1.11. The van der Waals surface area contributed by atoms with Crippen molar-refractivity contribution in [2.24, 2.45) is 0 Å². The molecule has 7 rings (SSSR count). The van der Waals surface area contributed by atoms with Gasteiger partial charge in [-0.05, 0) is 43.5 Å². The van der Waals surface area contributed by atoms with Gasteiger partial charge in [0.1, 0.15) is 29.2 Å². The van der Waals surface area contributed by atoms with Crippen LogP contribution in [0, 0.1) is 5.82 Å². The van der Waals surface area contributed by atoms with E-state index in [1.54, 1.807) is 37.8 Å². The Morgan fingerprint density at radius 1 is 0.927 bits per heavy atom. The molecule has 11 nitrogen and oxygen atoms in total. The van der Waals surface area contributed by atoms with Crippen molar-refractivity contribution in [1.82, 2.24) is 34.7 Å². The molecule has 5 heterocycles. The van der Waals surface area contributed by atoms with Crippen molar-refractivity contribution in [2.75, 3.05) is 36.0 Å². The van der Waals surface area contributed by atoms with Crippen LogP contribution in [0.1, 0.15) is 36.9 Å². The molecule has 1 saturated carbocycles. The van der Waals surface area contributed by atoms with Gasteiger partial charge in [0.25, 0.3) is 0 Å². The number of aromatic nitrogens is 7. The number of fused-ring (bicyclic) bond motifs is 1. The standard InChI is InChI=1S/C29H30FN9O2/c1-29(41,19-2-4-21(30)5-3-19)20-14-31-28(32-15-20)38-8-6-37(7-9-38)27-24-12-25(36-26(24)33-17-34-27)18-13-35-39(16-18)22-10-23(40)11-22/h2-5,12-17,22-23,40-41H,6-11H2,1H3,(H,33,34,36)/t22?,23?,29-/m0/s1. The molecule has 3 N–H and O–H groups in total. The Morgan fingerprint density at radius 3 is 2.34 bits per heavy atom. The minimum atomic E-state index is -1.34. The van der Waals surface area contributed by atoms with Crippen LogP contribution in [0.25, 0.3) is 22.3 Å². The maximum absolute atomic E-state index is 13.3. The average molecular weight is 556 g/mol. The lowest BCUT2D eigenvalue weighted by molar-refractivity contribution is 0.0434. The number of aliphatic hydroxyl groups excluding tert-OH is 1. The molecule has 1 aromatic carbocycles. The minimum Gasteiger partial charge on any atom is -0.393 e. The average Bonchev–Trinajstić information content (AvgIpc) is 3.63. The third-order valence-corrected chi connectivity index (χ3v) is 8.25. The summed E-state index contributed by atoms with van der Waals surface area (Å²) in [6, 6.07) is 8.10. The third-order valence-electron chi connectivity index (χ3n) is 8.25. The van der Waals surface area contributed by atoms with Crippen LogP contribution >= 0.6 is 0 Å². The molecular formula is C29H30FN9O2. The second-order valence-electron chi connectivity index (χ2n) is 11.0. The summed E-state index contributed by atoms with van der Waals surface area (Å²) < 4.78 is 15.3. The summed E-state index contributed by atoms with van der Waals surface area (Å²) in [6.07, 6.45) is 9.93. The summed E-state index contributed by atoms with van der Waals surface area (Å²) in [5.41, 5.74) is 2.44. The van der Waals surface area contributed by atoms with Crippen molar-refractivity contribution in [2.45, 2.75) is 37.5 Å². The van der Waals surface area contributed by atoms with E-state index in [-0.39, 0.29) is 18.0 Å². The highest BCUT2D eigenvalue weighted by atomic mass is 19.1. The number of hydrogen-bond acceptors (Lipinski definition) is 9. The Morgan fingerprint density at radius 2 is 1.63 bits per heavy atom. The first-order chi connectivity index (χ1) is 19.8. The molecule has 5 aromatic rings. The largest absolute Gasteiger partial charge is 0.393 e. The fourth-order valence-electron chi connectivity index (χ4n) is 5.58. The molecule has 0 unspecified atom stereocenters. The van der Waals surface area contributed by atoms with Crippen LogP contribution < -0.4 is 9.80 Å². The first kappa shape index (κ1) is 25.5. The van der Waals surface area contributed by atoms with Gasteiger partial charge in [0.15, 0.2) is 0 Å². The zero-order chi connectivity index (χ0) is 28.1. The third kappa shape index (κ3) is 4.68. The zero-order valence-electron chi connectivity index (χ0n) is 22.5. The van der Waals surface area contributed by atoms with Gasteiger partial charge in [-0.2, -0.15) is 5.10 Å². The van der Waals surface area contributed by atoms with Crippen LogP contribution in [-0.2, 0) is 5.60 Å². The number of H-pyrrole nitrogens is 1. The van der Waals surface area contributed by atoms with Crippen molar-refractivity contribution < 1.29 is 14.6 Å². The number of halogens is 1. The highest BCUT2D eigenvalue weighted by Gasteiger charge is 2.30. The van der Waals surface area contributed by atoms with Gasteiger partial charge in [-0.1, -0.05) is 12.1 Å². The van der Waals surface area contributed by atoms with E-state index in [1.165, 1.54) is 12.1 Å². The molecule has 41 heavy (non-hydrogen) atoms. The van der Waals surface area contributed by atoms with Crippen LogP contribution in [0.5, 0.6) is 0 Å². The van der Waals surface area contributed by atoms with Crippen LogP contribution in [0.4, 0.5) is 16.2 Å². The number of aromatic amines is 1. The van der Waals surface area contributed by atoms with Crippen LogP contribution in [-0.4, -0.2) is 77.2 Å². The molecule has 2 aliphatic rings. The number of anilines is 2. The Labute approximate surface area is 235 Å². The monoisotopic (exact) mass is 555 g/mol. The molecule has 0 amide bonds. The molecule has 1 aliphatic carbocycles. The second-order valence-corrected chi connectivity index (χ2v) is 11.0. The van der Waals surface area contributed by atoms with E-state index in [1.807, 2.05) is 17.1 Å². The zero-order valence-corrected chi connectivity index (χ0v) is 22.5. The Bertz CT molecular complexity index is 1670. The molecule has 4 aromatic heterocycles. The fraction of sp³-hybridized carbons (Fsp3) is 0.345. The quantitative estimate of drug-likeness (QED) is 0.289. The summed E-state index contributed by atoms with van der Waals surface area (Å²) in [7, 11) is 0. The topological polar surface area (TPSA) is 132 Å². The lowest BCUT2D eigenvalue weighted by Crippen LogP contribution is -2.47. The predicted molar refractivity (Wildman–Crippen MR) is 151 cm³/mol. The van der Waals surface area contributed by atoms with Crippen molar-refractivity contribution in [3.63, 3.8) is 0 Å². The number of aliphatic hydroxyl groups is 2. The number of nitrogens with zero attached hydrogens (tertiary/aromatic N) is 8. The normalized spacial score (nSPS) is 20.7. The first-order valence-corrected chi connectivity index (χ1v) is 13.7. The number of rotatable bonds is 6. The molecule has 1 saturated heterocycles. The lowest BCUT2D eigenvalue weighted by Gasteiger charge is -2.35. The Hall–Kier alpha value is -4.42. The van der Waals surface area contributed by atoms with Gasteiger partial charge in [0, 0.05) is 55.9 Å². The maximum atomic E-state index is 13.3. The van der Waals surface area contributed by atoms with E-state index in [4.69, 9.17) is 0 Å². The summed E-state index contributed by atoms with van der Waals surface area (Å²) in [6.45, 7) is 4.52. The van der Waals surface area contributed by atoms with E-state index in [9.17, 15) is 14.6 Å². The fourth-order valence-corrected chi connectivity index (χ4v) is 5.58. The molecule has 12 heteroatoms. The molecule has 2 fully saturated rings. The number of piperazine rings is 1. The van der Waals surface area contributed by atoms with Gasteiger partial charge in [0.2, 0.25) is 5.95 Å². The molecular weight excluding hydrogens is 525 g/mol. The van der Waals surface area contributed by atoms with Gasteiger partial charge >= 0.3 is 0 Å². The van der Waals surface area contributed by atoms with E-state index < -0.39 is 5.60 Å². The predicted octanol–water partition coefficient (Wildman–Crippen LogP) is 3.03. The second kappa shape index (κ2) is 9.89. The van der Waals surface area contributed by atoms with Crippen LogP contribution in [0.2, 0.25) is 0 Å². The molecule has 0 bridgehead atoms. The van der Waals surface area contributed by atoms with Gasteiger partial charge in [-0.3, -0.25) is 4.68 Å². The SMILES string of the molecule is C[C@](O)(c1ccc(F)cc1)c1cnc(N2CCN(c3ncnc4[nH]c(-c5cnn(C6CC(O)C6)c5)cc34)CC2)nc1. The molecule has 1 aliphatic heterocycles. The highest BCUT2D eigenvalue weighted by Crippen LogP contribution is 2.34. The summed E-state index contributed by atoms with van der Waals surface area (Å²) >= 11 is 0. The highest BCUT2D eigenvalue weighted by molar-refractivity contribution is 5.91. The van der Waals surface area contributed by atoms with Crippen molar-refractivity contribution >= 4 is 22.8 Å². The number of benzene rings is 1. The molecule has 0 radical (unpaired) electrons. The van der Waals surface area contributed by atoms with Gasteiger partial charge in [0.05, 0.1) is 29.4 Å².